The van der Waals surface area contributed by atoms with E-state index in [0.717, 1.165) is 31.2 Å². The number of hydrogen-bond acceptors (Lipinski definition) is 2. The Morgan fingerprint density at radius 2 is 1.92 bits per heavy atom. The fourth-order valence-electron chi connectivity index (χ4n) is 3.24. The predicted octanol–water partition coefficient (Wildman–Crippen LogP) is 3.06. The van der Waals surface area contributed by atoms with Crippen LogP contribution in [0, 0.1) is 18.7 Å². The van der Waals surface area contributed by atoms with E-state index in [1.165, 1.54) is 6.42 Å². The third-order valence-corrected chi connectivity index (χ3v) is 4.97. The Labute approximate surface area is 155 Å². The number of carbonyl (C=O) groups is 1. The quantitative estimate of drug-likeness (QED) is 0.414. The fraction of sp³-hybridized carbons (Fsp3) is 0.600. The number of halogens is 1. The van der Waals surface area contributed by atoms with Crippen LogP contribution in [0.2, 0.25) is 0 Å². The molecular weight excluding hydrogens is 331 g/mol. The molecule has 144 valence electrons. The lowest BCUT2D eigenvalue weighted by Gasteiger charge is -2.21. The molecule has 1 aliphatic rings. The summed E-state index contributed by atoms with van der Waals surface area (Å²) in [6, 6.07) is 5.16. The third kappa shape index (κ3) is 6.00. The van der Waals surface area contributed by atoms with Crippen LogP contribution in [0.1, 0.15) is 56.2 Å². The Hall–Kier alpha value is -2.11. The molecule has 1 fully saturated rings. The van der Waals surface area contributed by atoms with Crippen molar-refractivity contribution in [2.45, 2.75) is 52.0 Å². The number of aryl methyl sites for hydroxylation is 1. The van der Waals surface area contributed by atoms with Crippen molar-refractivity contribution >= 4 is 11.9 Å². The van der Waals surface area contributed by atoms with E-state index in [-0.39, 0.29) is 23.7 Å². The summed E-state index contributed by atoms with van der Waals surface area (Å²) in [6.45, 7) is 4.86. The molecule has 0 aromatic heterocycles. The van der Waals surface area contributed by atoms with Crippen molar-refractivity contribution in [2.75, 3.05) is 20.1 Å². The molecule has 1 aromatic rings. The highest BCUT2D eigenvalue weighted by molar-refractivity contribution is 5.80. The Bertz CT molecular complexity index is 626. The van der Waals surface area contributed by atoms with Gasteiger partial charge in [0.25, 0.3) is 0 Å². The van der Waals surface area contributed by atoms with E-state index in [4.69, 9.17) is 0 Å². The molecule has 0 saturated heterocycles. The number of carbonyl (C=O) groups excluding carboxylic acids is 1. The lowest BCUT2D eigenvalue weighted by molar-refractivity contribution is -0.125. The lowest BCUT2D eigenvalue weighted by Crippen LogP contribution is -2.43. The van der Waals surface area contributed by atoms with Crippen molar-refractivity contribution in [3.8, 4) is 0 Å². The Morgan fingerprint density at radius 1 is 1.23 bits per heavy atom. The number of aliphatic imine (C=N–C) groups is 1. The van der Waals surface area contributed by atoms with Crippen LogP contribution in [0.25, 0.3) is 0 Å². The number of nitrogens with zero attached hydrogens (tertiary/aromatic N) is 1. The van der Waals surface area contributed by atoms with Gasteiger partial charge in [-0.3, -0.25) is 9.79 Å². The molecule has 1 amide bonds. The predicted molar refractivity (Wildman–Crippen MR) is 104 cm³/mol. The van der Waals surface area contributed by atoms with Crippen LogP contribution in [0.5, 0.6) is 0 Å². The summed E-state index contributed by atoms with van der Waals surface area (Å²) in [7, 11) is 1.69. The minimum absolute atomic E-state index is 0.0758. The Morgan fingerprint density at radius 3 is 2.58 bits per heavy atom. The molecule has 1 aromatic carbocycles. The molecule has 1 unspecified atom stereocenters. The number of rotatable bonds is 6. The van der Waals surface area contributed by atoms with Crippen molar-refractivity contribution in [3.05, 3.63) is 35.1 Å². The molecule has 0 bridgehead atoms. The number of nitrogens with one attached hydrogen (secondary N) is 3. The van der Waals surface area contributed by atoms with Gasteiger partial charge in [0.1, 0.15) is 5.82 Å². The zero-order valence-electron chi connectivity index (χ0n) is 16.1. The maximum Gasteiger partial charge on any atom is 0.223 e. The van der Waals surface area contributed by atoms with Gasteiger partial charge >= 0.3 is 0 Å². The first kappa shape index (κ1) is 20.2. The largest absolute Gasteiger partial charge is 0.355 e. The van der Waals surface area contributed by atoms with Crippen LogP contribution in [-0.4, -0.2) is 32.0 Å². The molecule has 6 heteroatoms. The number of benzene rings is 1. The van der Waals surface area contributed by atoms with E-state index < -0.39 is 0 Å². The SMILES string of the molecule is CN=C(NCCNC(=O)C1CCCCC1)NC(C)c1ccc(C)c(F)c1. The molecule has 5 nitrogen and oxygen atoms in total. The molecule has 2 rings (SSSR count). The first-order valence-corrected chi connectivity index (χ1v) is 9.52. The first-order valence-electron chi connectivity index (χ1n) is 9.52. The molecule has 0 spiro atoms. The van der Waals surface area contributed by atoms with E-state index in [1.54, 1.807) is 26.1 Å². The van der Waals surface area contributed by atoms with Gasteiger partial charge in [-0.05, 0) is 43.9 Å². The van der Waals surface area contributed by atoms with E-state index in [1.807, 2.05) is 13.0 Å². The summed E-state index contributed by atoms with van der Waals surface area (Å²) in [5.74, 6) is 0.769. The first-order chi connectivity index (χ1) is 12.5. The second-order valence-electron chi connectivity index (χ2n) is 7.00. The summed E-state index contributed by atoms with van der Waals surface area (Å²) in [4.78, 5) is 16.3. The number of guanidine groups is 1. The number of amides is 1. The van der Waals surface area contributed by atoms with Gasteiger partial charge in [-0.15, -0.1) is 0 Å². The van der Waals surface area contributed by atoms with Crippen molar-refractivity contribution in [1.29, 1.82) is 0 Å². The van der Waals surface area contributed by atoms with Crippen LogP contribution in [0.15, 0.2) is 23.2 Å². The third-order valence-electron chi connectivity index (χ3n) is 4.97. The Kier molecular flexibility index (Phi) is 7.88. The summed E-state index contributed by atoms with van der Waals surface area (Å²) in [5.41, 5.74) is 1.50. The highest BCUT2D eigenvalue weighted by Gasteiger charge is 2.20. The van der Waals surface area contributed by atoms with Crippen LogP contribution < -0.4 is 16.0 Å². The van der Waals surface area contributed by atoms with Gasteiger partial charge in [0, 0.05) is 26.1 Å². The second-order valence-corrected chi connectivity index (χ2v) is 7.00. The summed E-state index contributed by atoms with van der Waals surface area (Å²) < 4.78 is 13.7. The van der Waals surface area contributed by atoms with Crippen LogP contribution in [0.4, 0.5) is 4.39 Å². The lowest BCUT2D eigenvalue weighted by atomic mass is 9.89. The average molecular weight is 362 g/mol. The maximum atomic E-state index is 13.7. The Balaban J connectivity index is 1.73. The molecule has 1 aliphatic carbocycles. The molecule has 0 aliphatic heterocycles. The topological polar surface area (TPSA) is 65.5 Å². The molecule has 1 saturated carbocycles. The monoisotopic (exact) mass is 362 g/mol. The van der Waals surface area contributed by atoms with Crippen LogP contribution >= 0.6 is 0 Å². The normalized spacial score (nSPS) is 16.8. The molecule has 26 heavy (non-hydrogen) atoms. The van der Waals surface area contributed by atoms with Crippen molar-refractivity contribution in [2.24, 2.45) is 10.9 Å². The highest BCUT2D eigenvalue weighted by Crippen LogP contribution is 2.23. The van der Waals surface area contributed by atoms with Crippen molar-refractivity contribution in [3.63, 3.8) is 0 Å². The van der Waals surface area contributed by atoms with Gasteiger partial charge in [0.15, 0.2) is 5.96 Å². The number of hydrogen-bond donors (Lipinski definition) is 3. The standard InChI is InChI=1S/C20H31FN4O/c1-14-9-10-17(13-18(14)21)15(2)25-20(22-3)24-12-11-23-19(26)16-7-5-4-6-8-16/h9-10,13,15-16H,4-8,11-12H2,1-3H3,(H,23,26)(H2,22,24,25). The van der Waals surface area contributed by atoms with Crippen LogP contribution in [0.3, 0.4) is 0 Å². The average Bonchev–Trinajstić information content (AvgIpc) is 2.66. The van der Waals surface area contributed by atoms with Gasteiger partial charge in [-0.2, -0.15) is 0 Å². The fourth-order valence-corrected chi connectivity index (χ4v) is 3.24. The van der Waals surface area contributed by atoms with Crippen molar-refractivity contribution in [1.82, 2.24) is 16.0 Å². The van der Waals surface area contributed by atoms with Crippen LogP contribution in [-0.2, 0) is 4.79 Å². The van der Waals surface area contributed by atoms with Gasteiger partial charge in [-0.25, -0.2) is 4.39 Å². The highest BCUT2D eigenvalue weighted by atomic mass is 19.1. The zero-order chi connectivity index (χ0) is 18.9. The van der Waals surface area contributed by atoms with Crippen molar-refractivity contribution < 1.29 is 9.18 Å². The summed E-state index contributed by atoms with van der Waals surface area (Å²) in [6.07, 6.45) is 5.57. The molecule has 3 N–H and O–H groups in total. The molecule has 0 heterocycles. The minimum atomic E-state index is -0.204. The molecular formula is C20H31FN4O. The smallest absolute Gasteiger partial charge is 0.223 e. The summed E-state index contributed by atoms with van der Waals surface area (Å²) >= 11 is 0. The molecule has 1 atom stereocenters. The minimum Gasteiger partial charge on any atom is -0.355 e. The zero-order valence-corrected chi connectivity index (χ0v) is 16.1. The maximum absolute atomic E-state index is 13.7. The van der Waals surface area contributed by atoms with E-state index in [0.29, 0.717) is 24.6 Å². The van der Waals surface area contributed by atoms with Gasteiger partial charge < -0.3 is 16.0 Å². The van der Waals surface area contributed by atoms with E-state index >= 15 is 0 Å². The summed E-state index contributed by atoms with van der Waals surface area (Å²) in [5, 5.41) is 9.42. The van der Waals surface area contributed by atoms with Gasteiger partial charge in [0.05, 0.1) is 6.04 Å². The molecule has 0 radical (unpaired) electrons. The van der Waals surface area contributed by atoms with E-state index in [2.05, 4.69) is 20.9 Å². The van der Waals surface area contributed by atoms with Gasteiger partial charge in [-0.1, -0.05) is 31.4 Å². The van der Waals surface area contributed by atoms with E-state index in [9.17, 15) is 9.18 Å². The second kappa shape index (κ2) is 10.1. The van der Waals surface area contributed by atoms with Gasteiger partial charge in [0.2, 0.25) is 5.91 Å².